The molecule has 2 atom stereocenters. The summed E-state index contributed by atoms with van der Waals surface area (Å²) in [6, 6.07) is 7.77. The highest BCUT2D eigenvalue weighted by Crippen LogP contribution is 2.37. The van der Waals surface area contributed by atoms with Crippen LogP contribution in [0.25, 0.3) is 0 Å². The van der Waals surface area contributed by atoms with Crippen molar-refractivity contribution < 1.29 is 9.53 Å². The number of benzene rings is 1. The van der Waals surface area contributed by atoms with Gasteiger partial charge in [-0.2, -0.15) is 0 Å². The third kappa shape index (κ3) is 2.53. The first-order chi connectivity index (χ1) is 9.65. The second-order valence-electron chi connectivity index (χ2n) is 5.43. The van der Waals surface area contributed by atoms with E-state index in [0.29, 0.717) is 6.61 Å². The molecule has 3 rings (SSSR count). The van der Waals surface area contributed by atoms with Crippen molar-refractivity contribution in [3.05, 3.63) is 58.3 Å². The molecular weight excluding hydrogens is 272 g/mol. The lowest BCUT2D eigenvalue weighted by Gasteiger charge is -2.34. The summed E-state index contributed by atoms with van der Waals surface area (Å²) in [6.07, 6.45) is 5.31. The van der Waals surface area contributed by atoms with Crippen molar-refractivity contribution in [2.75, 3.05) is 6.61 Å². The molecule has 2 aliphatic rings. The molecule has 3 heteroatoms. The van der Waals surface area contributed by atoms with E-state index in [2.05, 4.69) is 0 Å². The average molecular weight is 289 g/mol. The molecule has 0 unspecified atom stereocenters. The van der Waals surface area contributed by atoms with Crippen LogP contribution in [0.5, 0.6) is 0 Å². The fraction of sp³-hybridized carbons (Fsp3) is 0.353. The van der Waals surface area contributed by atoms with Crippen molar-refractivity contribution in [3.63, 3.8) is 0 Å². The Balaban J connectivity index is 1.88. The molecule has 0 radical (unpaired) electrons. The lowest BCUT2D eigenvalue weighted by atomic mass is 9.73. The Labute approximate surface area is 124 Å². The van der Waals surface area contributed by atoms with Crippen molar-refractivity contribution in [2.24, 2.45) is 11.8 Å². The Morgan fingerprint density at radius 2 is 2.00 bits per heavy atom. The van der Waals surface area contributed by atoms with Crippen LogP contribution in [0.2, 0.25) is 5.02 Å². The number of hydrogen-bond acceptors (Lipinski definition) is 2. The highest BCUT2D eigenvalue weighted by atomic mass is 35.5. The fourth-order valence-electron chi connectivity index (χ4n) is 3.11. The Bertz CT molecular complexity index is 584. The molecule has 0 spiro atoms. The number of rotatable bonds is 2. The maximum atomic E-state index is 12.3. The third-order valence-electron chi connectivity index (χ3n) is 4.20. The minimum Gasteiger partial charge on any atom is -0.498 e. The molecule has 0 fully saturated rings. The van der Waals surface area contributed by atoms with Crippen LogP contribution in [0.4, 0.5) is 0 Å². The van der Waals surface area contributed by atoms with Crippen molar-refractivity contribution in [1.29, 1.82) is 0 Å². The van der Waals surface area contributed by atoms with Crippen LogP contribution in [0.15, 0.2) is 47.7 Å². The van der Waals surface area contributed by atoms with E-state index in [4.69, 9.17) is 16.3 Å². The minimum atomic E-state index is 0.0232. The van der Waals surface area contributed by atoms with Crippen molar-refractivity contribution in [1.82, 2.24) is 0 Å². The molecule has 0 bridgehead atoms. The SMILES string of the molecule is CC1=C2C=CC(=O)[C@@H](Cc3ccc(Cl)cc3)[C@@H]2CCO1. The molecule has 2 nitrogen and oxygen atoms in total. The number of allylic oxidation sites excluding steroid dienone is 4. The second-order valence-corrected chi connectivity index (χ2v) is 5.86. The normalized spacial score (nSPS) is 25.4. The number of ketones is 1. The molecule has 1 aliphatic heterocycles. The van der Waals surface area contributed by atoms with E-state index in [1.807, 2.05) is 37.3 Å². The van der Waals surface area contributed by atoms with Crippen molar-refractivity contribution in [2.45, 2.75) is 19.8 Å². The van der Waals surface area contributed by atoms with Gasteiger partial charge in [-0.25, -0.2) is 0 Å². The number of fused-ring (bicyclic) bond motifs is 1. The molecule has 1 aromatic rings. The second kappa shape index (κ2) is 5.45. The molecule has 0 N–H and O–H groups in total. The first-order valence-corrected chi connectivity index (χ1v) is 7.33. The first kappa shape index (κ1) is 13.4. The van der Waals surface area contributed by atoms with E-state index in [1.165, 1.54) is 5.57 Å². The van der Waals surface area contributed by atoms with Gasteiger partial charge in [0.15, 0.2) is 5.78 Å². The Morgan fingerprint density at radius 1 is 1.25 bits per heavy atom. The zero-order valence-corrected chi connectivity index (χ0v) is 12.2. The van der Waals surface area contributed by atoms with Gasteiger partial charge in [-0.3, -0.25) is 4.79 Å². The summed E-state index contributed by atoms with van der Waals surface area (Å²) in [5, 5.41) is 0.728. The van der Waals surface area contributed by atoms with Gasteiger partial charge in [0.1, 0.15) is 0 Å². The standard InChI is InChI=1S/C17H17ClO2/c1-11-14-6-7-17(19)16(15(14)8-9-20-11)10-12-2-4-13(18)5-3-12/h2-7,15-16H,8-10H2,1H3/t15-,16+/m1/s1. The van der Waals surface area contributed by atoms with E-state index in [-0.39, 0.29) is 17.6 Å². The van der Waals surface area contributed by atoms with Crippen LogP contribution in [0.3, 0.4) is 0 Å². The average Bonchev–Trinajstić information content (AvgIpc) is 2.44. The van der Waals surface area contributed by atoms with Crippen LogP contribution >= 0.6 is 11.6 Å². The summed E-state index contributed by atoms with van der Waals surface area (Å²) in [5.41, 5.74) is 2.35. The fourth-order valence-corrected chi connectivity index (χ4v) is 3.23. The van der Waals surface area contributed by atoms with Crippen LogP contribution in [0.1, 0.15) is 18.9 Å². The molecule has 104 valence electrons. The third-order valence-corrected chi connectivity index (χ3v) is 4.45. The summed E-state index contributed by atoms with van der Waals surface area (Å²) < 4.78 is 5.60. The molecule has 0 saturated heterocycles. The summed E-state index contributed by atoms with van der Waals surface area (Å²) >= 11 is 5.91. The lowest BCUT2D eigenvalue weighted by Crippen LogP contribution is -2.32. The van der Waals surface area contributed by atoms with E-state index in [1.54, 1.807) is 6.08 Å². The number of carbonyl (C=O) groups is 1. The molecular formula is C17H17ClO2. The smallest absolute Gasteiger partial charge is 0.159 e. The van der Waals surface area contributed by atoms with Crippen LogP contribution in [-0.2, 0) is 16.0 Å². The highest BCUT2D eigenvalue weighted by Gasteiger charge is 2.35. The zero-order chi connectivity index (χ0) is 14.1. The highest BCUT2D eigenvalue weighted by molar-refractivity contribution is 6.30. The van der Waals surface area contributed by atoms with E-state index in [9.17, 15) is 4.79 Å². The van der Waals surface area contributed by atoms with Gasteiger partial charge in [-0.05, 0) is 49.1 Å². The van der Waals surface area contributed by atoms with E-state index >= 15 is 0 Å². The Kier molecular flexibility index (Phi) is 3.66. The Morgan fingerprint density at radius 3 is 2.75 bits per heavy atom. The monoisotopic (exact) mass is 288 g/mol. The molecule has 0 aromatic heterocycles. The van der Waals surface area contributed by atoms with Gasteiger partial charge in [-0.1, -0.05) is 29.8 Å². The Hall–Kier alpha value is -1.54. The molecule has 1 heterocycles. The lowest BCUT2D eigenvalue weighted by molar-refractivity contribution is -0.120. The first-order valence-electron chi connectivity index (χ1n) is 6.95. The predicted octanol–water partition coefficient (Wildman–Crippen LogP) is 3.95. The molecule has 0 saturated carbocycles. The van der Waals surface area contributed by atoms with Gasteiger partial charge >= 0.3 is 0 Å². The van der Waals surface area contributed by atoms with Crippen molar-refractivity contribution in [3.8, 4) is 0 Å². The van der Waals surface area contributed by atoms with Gasteiger partial charge in [0.05, 0.1) is 12.4 Å². The zero-order valence-electron chi connectivity index (χ0n) is 11.4. The summed E-state index contributed by atoms with van der Waals surface area (Å²) in [6.45, 7) is 2.69. The summed E-state index contributed by atoms with van der Waals surface area (Å²) in [7, 11) is 0. The maximum Gasteiger partial charge on any atom is 0.159 e. The van der Waals surface area contributed by atoms with Gasteiger partial charge in [0.2, 0.25) is 0 Å². The van der Waals surface area contributed by atoms with Gasteiger partial charge < -0.3 is 4.74 Å². The number of hydrogen-bond donors (Lipinski definition) is 0. The van der Waals surface area contributed by atoms with Crippen LogP contribution in [-0.4, -0.2) is 12.4 Å². The molecule has 0 amide bonds. The van der Waals surface area contributed by atoms with E-state index in [0.717, 1.165) is 29.2 Å². The van der Waals surface area contributed by atoms with Gasteiger partial charge in [0.25, 0.3) is 0 Å². The molecule has 20 heavy (non-hydrogen) atoms. The molecule has 1 aliphatic carbocycles. The topological polar surface area (TPSA) is 26.3 Å². The summed E-state index contributed by atoms with van der Waals surface area (Å²) in [5.74, 6) is 1.50. The number of ether oxygens (including phenoxy) is 1. The maximum absolute atomic E-state index is 12.3. The summed E-state index contributed by atoms with van der Waals surface area (Å²) in [4.78, 5) is 12.3. The van der Waals surface area contributed by atoms with E-state index < -0.39 is 0 Å². The quantitative estimate of drug-likeness (QED) is 0.824. The number of halogens is 1. The van der Waals surface area contributed by atoms with Gasteiger partial charge in [-0.15, -0.1) is 0 Å². The predicted molar refractivity (Wildman–Crippen MR) is 79.6 cm³/mol. The van der Waals surface area contributed by atoms with Crippen LogP contribution in [0, 0.1) is 11.8 Å². The largest absolute Gasteiger partial charge is 0.498 e. The number of carbonyl (C=O) groups excluding carboxylic acids is 1. The van der Waals surface area contributed by atoms with Crippen molar-refractivity contribution >= 4 is 17.4 Å². The van der Waals surface area contributed by atoms with Gasteiger partial charge in [0, 0.05) is 16.9 Å². The van der Waals surface area contributed by atoms with Crippen LogP contribution < -0.4 is 0 Å². The molecule has 1 aromatic carbocycles. The minimum absolute atomic E-state index is 0.0232.